The third-order valence-corrected chi connectivity index (χ3v) is 6.07. The largest absolute Gasteiger partial charge is 0.495 e. The average molecular weight is 467 g/mol. The van der Waals surface area contributed by atoms with E-state index in [1.165, 1.54) is 6.42 Å². The molecule has 2 N–H and O–H groups in total. The number of hydrogen-bond acceptors (Lipinski definition) is 6. The molecule has 1 radical (unpaired) electrons. The van der Waals surface area contributed by atoms with Gasteiger partial charge in [-0.3, -0.25) is 4.99 Å². The lowest BCUT2D eigenvalue weighted by Crippen LogP contribution is -2.28. The van der Waals surface area contributed by atoms with E-state index in [9.17, 15) is 0 Å². The second-order valence-electron chi connectivity index (χ2n) is 8.46. The molecule has 1 unspecified atom stereocenters. The van der Waals surface area contributed by atoms with Gasteiger partial charge in [-0.2, -0.15) is 0 Å². The molecule has 6 heteroatoms. The molecule has 6 nitrogen and oxygen atoms in total. The van der Waals surface area contributed by atoms with E-state index in [0.717, 1.165) is 59.2 Å². The molecular formula is C29H28N3O3. The summed E-state index contributed by atoms with van der Waals surface area (Å²) in [6.07, 6.45) is 2.30. The molecule has 0 amide bonds. The number of piperidine rings is 1. The van der Waals surface area contributed by atoms with E-state index < -0.39 is 0 Å². The summed E-state index contributed by atoms with van der Waals surface area (Å²) in [7, 11) is 3.30. The molecule has 1 atom stereocenters. The minimum atomic E-state index is 0.375. The van der Waals surface area contributed by atoms with Gasteiger partial charge in [-0.05, 0) is 55.8 Å². The van der Waals surface area contributed by atoms with Crippen molar-refractivity contribution in [1.82, 2.24) is 5.32 Å². The zero-order valence-electron chi connectivity index (χ0n) is 19.9. The van der Waals surface area contributed by atoms with Crippen molar-refractivity contribution in [3.63, 3.8) is 0 Å². The van der Waals surface area contributed by atoms with Gasteiger partial charge < -0.3 is 24.8 Å². The third kappa shape index (κ3) is 5.26. The topological polar surface area (TPSA) is 64.1 Å². The standard InChI is InChI=1S/C29H28N3O3/c1-33-27-17-25-23(15-21(27)11-10-20-7-6-14-30-18-20)19-31-29(32-25)22-12-13-26(28(16-22)34-2)35-24-8-4-3-5-9-24/h3-5,8-9,12-13,15-17,19-20,30H,6-7,14,18H2,1-2H3,(H,31,32). The first-order chi connectivity index (χ1) is 17.2. The zero-order chi connectivity index (χ0) is 24.0. The molecular weight excluding hydrogens is 438 g/mol. The maximum Gasteiger partial charge on any atom is 0.169 e. The fraction of sp³-hybridized carbons (Fsp3) is 0.241. The summed E-state index contributed by atoms with van der Waals surface area (Å²) in [4.78, 5) is 4.66. The first kappa shape index (κ1) is 22.8. The first-order valence-electron chi connectivity index (χ1n) is 11.8. The van der Waals surface area contributed by atoms with Gasteiger partial charge in [0, 0.05) is 35.3 Å². The Morgan fingerprint density at radius 1 is 0.943 bits per heavy atom. The molecule has 0 aromatic heterocycles. The fourth-order valence-corrected chi connectivity index (χ4v) is 4.19. The Labute approximate surface area is 206 Å². The highest BCUT2D eigenvalue weighted by molar-refractivity contribution is 6.10. The van der Waals surface area contributed by atoms with Gasteiger partial charge >= 0.3 is 0 Å². The summed E-state index contributed by atoms with van der Waals surface area (Å²) in [5.41, 5.74) is 3.64. The zero-order valence-corrected chi connectivity index (χ0v) is 19.9. The highest BCUT2D eigenvalue weighted by atomic mass is 16.5. The molecule has 0 spiro atoms. The van der Waals surface area contributed by atoms with E-state index in [1.807, 2.05) is 67.2 Å². The van der Waals surface area contributed by atoms with Gasteiger partial charge in [-0.25, -0.2) is 0 Å². The molecule has 1 saturated heterocycles. The lowest BCUT2D eigenvalue weighted by atomic mass is 9.99. The quantitative estimate of drug-likeness (QED) is 0.504. The summed E-state index contributed by atoms with van der Waals surface area (Å²) >= 11 is 0. The minimum Gasteiger partial charge on any atom is -0.495 e. The van der Waals surface area contributed by atoms with Crippen molar-refractivity contribution >= 4 is 11.5 Å². The molecule has 2 aliphatic rings. The number of benzene rings is 3. The van der Waals surface area contributed by atoms with Crippen LogP contribution in [0.25, 0.3) is 0 Å². The van der Waals surface area contributed by atoms with Gasteiger partial charge in [0.25, 0.3) is 0 Å². The number of anilines is 1. The second kappa shape index (κ2) is 10.5. The Kier molecular flexibility index (Phi) is 6.87. The normalized spacial score (nSPS) is 16.6. The van der Waals surface area contributed by atoms with Gasteiger partial charge in [0.05, 0.1) is 19.8 Å². The second-order valence-corrected chi connectivity index (χ2v) is 8.46. The number of ether oxygens (including phenoxy) is 3. The third-order valence-electron chi connectivity index (χ3n) is 6.07. The Morgan fingerprint density at radius 2 is 1.80 bits per heavy atom. The number of nitrogens with one attached hydrogen (secondary N) is 2. The van der Waals surface area contributed by atoms with Crippen molar-refractivity contribution in [2.45, 2.75) is 12.8 Å². The van der Waals surface area contributed by atoms with Crippen molar-refractivity contribution in [2.24, 2.45) is 10.9 Å². The molecule has 177 valence electrons. The molecule has 1 fully saturated rings. The SMILES string of the molecule is COc1cc2c(cc1C#CC1CCCNC1)[CH]N=C(c1ccc(Oc3ccccc3)c(OC)c1)N2. The highest BCUT2D eigenvalue weighted by Crippen LogP contribution is 2.35. The smallest absolute Gasteiger partial charge is 0.169 e. The van der Waals surface area contributed by atoms with Crippen molar-refractivity contribution in [3.8, 4) is 34.8 Å². The van der Waals surface area contributed by atoms with Gasteiger partial charge in [-0.15, -0.1) is 0 Å². The van der Waals surface area contributed by atoms with Crippen LogP contribution in [0.4, 0.5) is 5.69 Å². The number of fused-ring (bicyclic) bond motifs is 1. The minimum absolute atomic E-state index is 0.375. The van der Waals surface area contributed by atoms with E-state index >= 15 is 0 Å². The summed E-state index contributed by atoms with van der Waals surface area (Å²) < 4.78 is 17.2. The van der Waals surface area contributed by atoms with Crippen LogP contribution in [0.15, 0.2) is 65.7 Å². The van der Waals surface area contributed by atoms with E-state index in [4.69, 9.17) is 14.2 Å². The Bertz CT molecular complexity index is 1290. The van der Waals surface area contributed by atoms with E-state index in [-0.39, 0.29) is 0 Å². The molecule has 0 saturated carbocycles. The summed E-state index contributed by atoms with van der Waals surface area (Å²) in [6.45, 7) is 3.88. The molecule has 0 aliphatic carbocycles. The highest BCUT2D eigenvalue weighted by Gasteiger charge is 2.19. The Morgan fingerprint density at radius 3 is 2.57 bits per heavy atom. The van der Waals surface area contributed by atoms with Crippen LogP contribution in [0.3, 0.4) is 0 Å². The summed E-state index contributed by atoms with van der Waals surface area (Å²) in [6, 6.07) is 19.4. The number of hydrogen-bond donors (Lipinski definition) is 2. The van der Waals surface area contributed by atoms with Crippen molar-refractivity contribution in [3.05, 3.63) is 83.9 Å². The molecule has 2 heterocycles. The Balaban J connectivity index is 1.36. The van der Waals surface area contributed by atoms with Crippen LogP contribution in [0, 0.1) is 24.3 Å². The fourth-order valence-electron chi connectivity index (χ4n) is 4.19. The molecule has 2 aliphatic heterocycles. The van der Waals surface area contributed by atoms with Crippen LogP contribution < -0.4 is 24.8 Å². The monoisotopic (exact) mass is 466 g/mol. The van der Waals surface area contributed by atoms with E-state index in [1.54, 1.807) is 14.2 Å². The van der Waals surface area contributed by atoms with E-state index in [0.29, 0.717) is 17.4 Å². The summed E-state index contributed by atoms with van der Waals surface area (Å²) in [5, 5.41) is 6.83. The predicted octanol–water partition coefficient (Wildman–Crippen LogP) is 5.23. The van der Waals surface area contributed by atoms with Crippen LogP contribution in [0.2, 0.25) is 0 Å². The number of rotatable bonds is 5. The van der Waals surface area contributed by atoms with Crippen LogP contribution in [0.5, 0.6) is 23.0 Å². The molecule has 5 rings (SSSR count). The number of nitrogens with zero attached hydrogens (tertiary/aromatic N) is 1. The number of para-hydroxylation sites is 1. The van der Waals surface area contributed by atoms with Gasteiger partial charge in [0.1, 0.15) is 23.9 Å². The lowest BCUT2D eigenvalue weighted by Gasteiger charge is -2.21. The molecule has 3 aromatic rings. The Hall–Kier alpha value is -3.95. The van der Waals surface area contributed by atoms with Crippen LogP contribution in [-0.2, 0) is 0 Å². The van der Waals surface area contributed by atoms with Crippen molar-refractivity contribution in [1.29, 1.82) is 0 Å². The molecule has 0 bridgehead atoms. The number of amidine groups is 1. The van der Waals surface area contributed by atoms with Crippen LogP contribution in [-0.4, -0.2) is 33.1 Å². The molecule has 3 aromatic carbocycles. The van der Waals surface area contributed by atoms with Gasteiger partial charge in [0.2, 0.25) is 0 Å². The van der Waals surface area contributed by atoms with Crippen LogP contribution >= 0.6 is 0 Å². The van der Waals surface area contributed by atoms with Gasteiger partial charge in [-0.1, -0.05) is 30.0 Å². The summed E-state index contributed by atoms with van der Waals surface area (Å²) in [5.74, 6) is 10.6. The van der Waals surface area contributed by atoms with Crippen molar-refractivity contribution in [2.75, 3.05) is 32.6 Å². The lowest BCUT2D eigenvalue weighted by molar-refractivity contribution is 0.379. The van der Waals surface area contributed by atoms with E-state index in [2.05, 4.69) is 27.5 Å². The number of methoxy groups -OCH3 is 2. The predicted molar refractivity (Wildman–Crippen MR) is 139 cm³/mol. The van der Waals surface area contributed by atoms with Crippen molar-refractivity contribution < 1.29 is 14.2 Å². The molecule has 35 heavy (non-hydrogen) atoms. The number of aliphatic imine (C=N–C) groups is 1. The van der Waals surface area contributed by atoms with Gasteiger partial charge in [0.15, 0.2) is 11.5 Å². The van der Waals surface area contributed by atoms with Crippen LogP contribution in [0.1, 0.15) is 29.5 Å². The maximum absolute atomic E-state index is 5.98. The first-order valence-corrected chi connectivity index (χ1v) is 11.8. The average Bonchev–Trinajstić information content (AvgIpc) is 2.92. The maximum atomic E-state index is 5.98.